The Hall–Kier alpha value is -2.44. The van der Waals surface area contributed by atoms with Gasteiger partial charge in [-0.15, -0.1) is 5.56 Å². The summed E-state index contributed by atoms with van der Waals surface area (Å²) >= 11 is 1.46. The molecule has 4 bridgehead atoms. The molecule has 0 nitrogen and oxygen atoms in total. The van der Waals surface area contributed by atoms with Crippen molar-refractivity contribution in [3.63, 3.8) is 0 Å². The van der Waals surface area contributed by atoms with E-state index in [2.05, 4.69) is 163 Å². The predicted molar refractivity (Wildman–Crippen MR) is 209 cm³/mol. The van der Waals surface area contributed by atoms with Gasteiger partial charge in [0.15, 0.2) is 0 Å². The molecule has 0 atom stereocenters. The zero-order valence-corrected chi connectivity index (χ0v) is 35.9. The molecule has 5 aliphatic rings. The summed E-state index contributed by atoms with van der Waals surface area (Å²) in [5.41, 5.74) is 13.7. The molecule has 5 aromatic rings. The first-order chi connectivity index (χ1) is 23.9. The van der Waals surface area contributed by atoms with Crippen molar-refractivity contribution in [1.29, 1.82) is 0 Å². The van der Waals surface area contributed by atoms with Gasteiger partial charge < -0.3 is 24.8 Å². The van der Waals surface area contributed by atoms with Gasteiger partial charge in [-0.3, -0.25) is 0 Å². The Morgan fingerprint density at radius 2 is 1.19 bits per heavy atom. The van der Waals surface area contributed by atoms with Crippen LogP contribution in [0, 0.1) is 23.8 Å². The Morgan fingerprint density at radius 3 is 1.67 bits per heavy atom. The van der Waals surface area contributed by atoms with Gasteiger partial charge in [-0.05, 0) is 54.4 Å². The fourth-order valence-electron chi connectivity index (χ4n) is 9.55. The molecule has 270 valence electrons. The molecule has 3 heteroatoms. The Morgan fingerprint density at radius 1 is 0.673 bits per heavy atom. The first-order valence-electron chi connectivity index (χ1n) is 19.0. The molecular weight excluding hydrogens is 751 g/mol. The molecule has 5 aliphatic carbocycles. The number of hydrogen-bond donors (Lipinski definition) is 0. The van der Waals surface area contributed by atoms with Crippen molar-refractivity contribution in [2.45, 2.75) is 103 Å². The van der Waals surface area contributed by atoms with Crippen LogP contribution < -0.4 is 24.8 Å². The van der Waals surface area contributed by atoms with E-state index in [-0.39, 0.29) is 35.6 Å². The maximum atomic E-state index is 3.53. The van der Waals surface area contributed by atoms with Gasteiger partial charge in [0, 0.05) is 0 Å². The maximum absolute atomic E-state index is 3.53. The predicted octanol–water partition coefficient (Wildman–Crippen LogP) is 6.34. The van der Waals surface area contributed by atoms with Gasteiger partial charge in [0.1, 0.15) is 0 Å². The SMILES string of the molecule is CC(C)(C)c1c[c-]c2c(c1)-c1cc(C(C)(C)C)ccc1C2.[Cl-].[Cl-].[Zr+2]=[C](c1ccccc1)c1ccccc1.c1cc(C23CC4CC(CC(C4)C2)C3)c[cH-]1. The summed E-state index contributed by atoms with van der Waals surface area (Å²) in [6.45, 7) is 13.6. The van der Waals surface area contributed by atoms with Gasteiger partial charge in [-0.1, -0.05) is 101 Å². The fourth-order valence-corrected chi connectivity index (χ4v) is 10.4. The van der Waals surface area contributed by atoms with E-state index in [0.717, 1.165) is 24.2 Å². The fraction of sp³-hybridized carbons (Fsp3) is 0.388. The number of halogens is 2. The first kappa shape index (κ1) is 40.7. The van der Waals surface area contributed by atoms with E-state index < -0.39 is 0 Å². The average molecular weight is 805 g/mol. The molecular formula is C49H54Cl2Zr-2. The monoisotopic (exact) mass is 802 g/mol. The second-order valence-corrected chi connectivity index (χ2v) is 19.0. The molecule has 0 N–H and O–H groups in total. The Kier molecular flexibility index (Phi) is 12.9. The van der Waals surface area contributed by atoms with Crippen LogP contribution in [0.5, 0.6) is 0 Å². The Balaban J connectivity index is 0.000000151. The largest absolute Gasteiger partial charge is 0.210 e. The molecule has 0 spiro atoms. The molecule has 0 unspecified atom stereocenters. The third-order valence-corrected chi connectivity index (χ3v) is 13.4. The maximum Gasteiger partial charge on any atom is -0.0411 e. The van der Waals surface area contributed by atoms with Crippen LogP contribution in [0.25, 0.3) is 11.1 Å². The van der Waals surface area contributed by atoms with E-state index in [0.29, 0.717) is 5.41 Å². The van der Waals surface area contributed by atoms with Crippen LogP contribution in [0.15, 0.2) is 115 Å². The second kappa shape index (κ2) is 16.5. The van der Waals surface area contributed by atoms with E-state index in [1.54, 1.807) is 24.8 Å². The van der Waals surface area contributed by atoms with Crippen LogP contribution in [0.3, 0.4) is 0 Å². The van der Waals surface area contributed by atoms with E-state index >= 15 is 0 Å². The van der Waals surface area contributed by atoms with Crippen molar-refractivity contribution >= 4 is 3.21 Å². The normalized spacial score (nSPS) is 22.0. The van der Waals surface area contributed by atoms with Crippen LogP contribution in [-0.4, -0.2) is 3.21 Å². The number of fused-ring (bicyclic) bond motifs is 3. The summed E-state index contributed by atoms with van der Waals surface area (Å²) in [5.74, 6) is 3.23. The first-order valence-corrected chi connectivity index (χ1v) is 20.2. The van der Waals surface area contributed by atoms with Crippen LogP contribution in [0.1, 0.15) is 119 Å². The molecule has 0 aromatic heterocycles. The number of rotatable bonds is 3. The third kappa shape index (κ3) is 8.91. The topological polar surface area (TPSA) is 0 Å². The summed E-state index contributed by atoms with van der Waals surface area (Å²) in [6.07, 6.45) is 10.2. The Labute approximate surface area is 341 Å². The van der Waals surface area contributed by atoms with Gasteiger partial charge in [0.2, 0.25) is 0 Å². The van der Waals surface area contributed by atoms with Crippen molar-refractivity contribution in [3.05, 3.63) is 160 Å². The molecule has 0 radical (unpaired) electrons. The van der Waals surface area contributed by atoms with E-state index in [4.69, 9.17) is 0 Å². The van der Waals surface area contributed by atoms with Crippen LogP contribution >= 0.6 is 0 Å². The minimum absolute atomic E-state index is 0. The smallest absolute Gasteiger partial charge is 0.0411 e. The van der Waals surface area contributed by atoms with Gasteiger partial charge in [0.05, 0.1) is 0 Å². The van der Waals surface area contributed by atoms with Crippen LogP contribution in [0.2, 0.25) is 0 Å². The van der Waals surface area contributed by atoms with E-state index in [9.17, 15) is 0 Å². The van der Waals surface area contributed by atoms with Gasteiger partial charge in [0.25, 0.3) is 0 Å². The minimum atomic E-state index is 0. The standard InChI is InChI=1S/C21H25.C15H19.C13H10.2ClH.Zr/c1-20(2,3)16-9-7-14-11-15-8-10-17(21(4,5)6)13-19(15)18(14)12-16;1-2-4-14(3-1)15-8-11-5-12(9-15)7-13(6-11)10-15;1-3-7-12(8-4-1)11-13-9-5-2-6-10-13;;;/h7,9-10,12-13H,11H2,1-6H3;1-4,11-13H,5-10H2;1-10H;2*1H;/q2*-1;;;;+2/p-2. The summed E-state index contributed by atoms with van der Waals surface area (Å²) in [7, 11) is 0. The third-order valence-electron chi connectivity index (χ3n) is 12.0. The molecule has 4 fully saturated rings. The summed E-state index contributed by atoms with van der Waals surface area (Å²) in [4.78, 5) is 0. The molecule has 0 saturated heterocycles. The zero-order chi connectivity index (χ0) is 35.1. The Bertz CT molecular complexity index is 1790. The molecule has 5 aromatic carbocycles. The van der Waals surface area contributed by atoms with Crippen LogP contribution in [-0.2, 0) is 46.9 Å². The summed E-state index contributed by atoms with van der Waals surface area (Å²) < 4.78 is 1.42. The number of hydrogen-bond acceptors (Lipinski definition) is 0. The second-order valence-electron chi connectivity index (χ2n) is 17.8. The van der Waals surface area contributed by atoms with Crippen molar-refractivity contribution in [2.75, 3.05) is 0 Å². The number of benzene rings is 4. The van der Waals surface area contributed by atoms with E-state index in [1.807, 2.05) is 0 Å². The molecule has 0 aliphatic heterocycles. The van der Waals surface area contributed by atoms with Gasteiger partial charge in [-0.25, -0.2) is 6.07 Å². The summed E-state index contributed by atoms with van der Waals surface area (Å²) in [5, 5.41) is 0. The van der Waals surface area contributed by atoms with E-state index in [1.165, 1.54) is 91.2 Å². The van der Waals surface area contributed by atoms with Crippen molar-refractivity contribution in [3.8, 4) is 11.1 Å². The van der Waals surface area contributed by atoms with Gasteiger partial charge in [-0.2, -0.15) is 53.1 Å². The van der Waals surface area contributed by atoms with Crippen molar-refractivity contribution < 1.29 is 49.0 Å². The molecule has 10 rings (SSSR count). The minimum Gasteiger partial charge on any atom is -0.210 e. The van der Waals surface area contributed by atoms with Gasteiger partial charge >= 0.3 is 99.2 Å². The zero-order valence-electron chi connectivity index (χ0n) is 31.9. The average Bonchev–Trinajstić information content (AvgIpc) is 3.77. The molecule has 0 heterocycles. The quantitative estimate of drug-likeness (QED) is 0.184. The van der Waals surface area contributed by atoms with Crippen LogP contribution in [0.4, 0.5) is 0 Å². The molecule has 0 amide bonds. The molecule has 52 heavy (non-hydrogen) atoms. The van der Waals surface area contributed by atoms with Crippen molar-refractivity contribution in [1.82, 2.24) is 0 Å². The summed E-state index contributed by atoms with van der Waals surface area (Å²) in [6, 6.07) is 45.4. The van der Waals surface area contributed by atoms with Crippen molar-refractivity contribution in [2.24, 2.45) is 17.8 Å². The molecule has 4 saturated carbocycles.